The molecule has 3 rings (SSSR count). The van der Waals surface area contributed by atoms with Crippen molar-refractivity contribution < 1.29 is 19.0 Å². The maximum absolute atomic E-state index is 12.3. The molecule has 8 nitrogen and oxygen atoms in total. The van der Waals surface area contributed by atoms with Crippen LogP contribution in [0.4, 0.5) is 5.69 Å². The van der Waals surface area contributed by atoms with Crippen molar-refractivity contribution in [2.75, 3.05) is 26.6 Å². The summed E-state index contributed by atoms with van der Waals surface area (Å²) in [5, 5.41) is 9.73. The molecule has 0 saturated heterocycles. The molecule has 0 aliphatic heterocycles. The number of anilines is 1. The van der Waals surface area contributed by atoms with Gasteiger partial charge in [-0.3, -0.25) is 9.89 Å². The van der Waals surface area contributed by atoms with Crippen LogP contribution in [0.15, 0.2) is 42.5 Å². The van der Waals surface area contributed by atoms with Crippen molar-refractivity contribution in [3.8, 4) is 28.6 Å². The molecule has 0 atom stereocenters. The van der Waals surface area contributed by atoms with Gasteiger partial charge in [-0.1, -0.05) is 0 Å². The van der Waals surface area contributed by atoms with Gasteiger partial charge in [0.15, 0.2) is 17.3 Å². The van der Waals surface area contributed by atoms with Gasteiger partial charge in [0.2, 0.25) is 11.7 Å². The second kappa shape index (κ2) is 8.92. The summed E-state index contributed by atoms with van der Waals surface area (Å²) in [5.74, 6) is 2.63. The fourth-order valence-corrected chi connectivity index (χ4v) is 2.73. The van der Waals surface area contributed by atoms with E-state index in [0.29, 0.717) is 28.8 Å². The lowest BCUT2D eigenvalue weighted by atomic mass is 10.1. The summed E-state index contributed by atoms with van der Waals surface area (Å²) in [6, 6.07) is 10.8. The van der Waals surface area contributed by atoms with Gasteiger partial charge in [0.05, 0.1) is 21.3 Å². The van der Waals surface area contributed by atoms with E-state index >= 15 is 0 Å². The summed E-state index contributed by atoms with van der Waals surface area (Å²) in [5.41, 5.74) is 2.27. The number of nitrogens with zero attached hydrogens (tertiary/aromatic N) is 2. The van der Waals surface area contributed by atoms with E-state index in [1.165, 1.54) is 13.2 Å². The minimum Gasteiger partial charge on any atom is -0.493 e. The van der Waals surface area contributed by atoms with E-state index in [4.69, 9.17) is 14.2 Å². The molecule has 1 amide bonds. The van der Waals surface area contributed by atoms with Gasteiger partial charge in [0, 0.05) is 17.3 Å². The molecule has 0 spiro atoms. The molecule has 3 aromatic rings. The predicted octanol–water partition coefficient (Wildman–Crippen LogP) is 3.46. The Kier molecular flexibility index (Phi) is 6.13. The second-order valence-corrected chi connectivity index (χ2v) is 6.10. The van der Waals surface area contributed by atoms with E-state index < -0.39 is 0 Å². The van der Waals surface area contributed by atoms with Gasteiger partial charge in [-0.2, -0.15) is 5.10 Å². The average molecular weight is 394 g/mol. The molecule has 2 N–H and O–H groups in total. The Labute approximate surface area is 168 Å². The van der Waals surface area contributed by atoms with Gasteiger partial charge in [-0.15, -0.1) is 0 Å². The molecule has 1 aromatic heterocycles. The Morgan fingerprint density at radius 1 is 1.03 bits per heavy atom. The Balaban J connectivity index is 1.69. The number of hydrogen-bond acceptors (Lipinski definition) is 6. The molecule has 0 aliphatic rings. The zero-order chi connectivity index (χ0) is 20.8. The zero-order valence-electron chi connectivity index (χ0n) is 16.6. The summed E-state index contributed by atoms with van der Waals surface area (Å²) in [6.07, 6.45) is 3.11. The Morgan fingerprint density at radius 3 is 2.21 bits per heavy atom. The fourth-order valence-electron chi connectivity index (χ4n) is 2.73. The quantitative estimate of drug-likeness (QED) is 0.596. The normalized spacial score (nSPS) is 10.8. The lowest BCUT2D eigenvalue weighted by Gasteiger charge is -2.12. The SMILES string of the molecule is COc1cc(/C=C/C(=O)Nc2ccc(-c3n[nH]c(C)n3)cc2)cc(OC)c1OC. The number of carbonyl (C=O) groups is 1. The van der Waals surface area contributed by atoms with E-state index in [-0.39, 0.29) is 5.91 Å². The van der Waals surface area contributed by atoms with Crippen LogP contribution in [0.2, 0.25) is 0 Å². The van der Waals surface area contributed by atoms with Crippen molar-refractivity contribution in [1.29, 1.82) is 0 Å². The molecule has 150 valence electrons. The average Bonchev–Trinajstić information content (AvgIpc) is 3.18. The number of carbonyl (C=O) groups excluding carboxylic acids is 1. The predicted molar refractivity (Wildman–Crippen MR) is 110 cm³/mol. The van der Waals surface area contributed by atoms with Crippen LogP contribution in [0.5, 0.6) is 17.2 Å². The molecule has 0 bridgehead atoms. The maximum Gasteiger partial charge on any atom is 0.248 e. The van der Waals surface area contributed by atoms with Crippen LogP contribution < -0.4 is 19.5 Å². The summed E-state index contributed by atoms with van der Waals surface area (Å²) in [4.78, 5) is 16.5. The van der Waals surface area contributed by atoms with Crippen molar-refractivity contribution >= 4 is 17.7 Å². The molecule has 0 fully saturated rings. The van der Waals surface area contributed by atoms with Crippen molar-refractivity contribution in [2.45, 2.75) is 6.92 Å². The highest BCUT2D eigenvalue weighted by atomic mass is 16.5. The minimum atomic E-state index is -0.264. The first-order valence-electron chi connectivity index (χ1n) is 8.82. The molecule has 0 unspecified atom stereocenters. The van der Waals surface area contributed by atoms with E-state index in [0.717, 1.165) is 17.0 Å². The number of methoxy groups -OCH3 is 3. The smallest absolute Gasteiger partial charge is 0.248 e. The topological polar surface area (TPSA) is 98.4 Å². The zero-order valence-corrected chi connectivity index (χ0v) is 16.6. The first kappa shape index (κ1) is 19.9. The van der Waals surface area contributed by atoms with Crippen LogP contribution >= 0.6 is 0 Å². The third kappa shape index (κ3) is 4.73. The van der Waals surface area contributed by atoms with Crippen LogP contribution in [0, 0.1) is 6.92 Å². The number of benzene rings is 2. The number of H-pyrrole nitrogens is 1. The molecule has 0 saturated carbocycles. The highest BCUT2D eigenvalue weighted by Gasteiger charge is 2.12. The molecule has 1 heterocycles. The number of aromatic amines is 1. The van der Waals surface area contributed by atoms with Crippen LogP contribution in [0.1, 0.15) is 11.4 Å². The van der Waals surface area contributed by atoms with Crippen molar-refractivity contribution in [3.05, 3.63) is 53.9 Å². The third-order valence-electron chi connectivity index (χ3n) is 4.12. The summed E-state index contributed by atoms with van der Waals surface area (Å²) in [6.45, 7) is 1.84. The number of amides is 1. The van der Waals surface area contributed by atoms with E-state index in [9.17, 15) is 4.79 Å². The first-order valence-corrected chi connectivity index (χ1v) is 8.82. The third-order valence-corrected chi connectivity index (χ3v) is 4.12. The van der Waals surface area contributed by atoms with Gasteiger partial charge in [-0.05, 0) is 55.0 Å². The van der Waals surface area contributed by atoms with E-state index in [2.05, 4.69) is 20.5 Å². The molecule has 8 heteroatoms. The monoisotopic (exact) mass is 394 g/mol. The van der Waals surface area contributed by atoms with Gasteiger partial charge in [0.25, 0.3) is 0 Å². The molecule has 2 aromatic carbocycles. The van der Waals surface area contributed by atoms with Crippen molar-refractivity contribution in [2.24, 2.45) is 0 Å². The summed E-state index contributed by atoms with van der Waals surface area (Å²) < 4.78 is 15.9. The number of aromatic nitrogens is 3. The van der Waals surface area contributed by atoms with Crippen LogP contribution in [0.25, 0.3) is 17.5 Å². The van der Waals surface area contributed by atoms with Gasteiger partial charge in [0.1, 0.15) is 5.82 Å². The Morgan fingerprint density at radius 2 is 1.69 bits per heavy atom. The molecular formula is C21H22N4O4. The molecule has 0 aliphatic carbocycles. The lowest BCUT2D eigenvalue weighted by Crippen LogP contribution is -2.07. The molecule has 29 heavy (non-hydrogen) atoms. The number of rotatable bonds is 7. The largest absolute Gasteiger partial charge is 0.493 e. The standard InChI is InChI=1S/C21H22N4O4/c1-13-22-21(25-24-13)15-6-8-16(9-7-15)23-19(26)10-5-14-11-17(27-2)20(29-4)18(12-14)28-3/h5-12H,1-4H3,(H,23,26)(H,22,24,25)/b10-5+. The minimum absolute atomic E-state index is 0.264. The molecular weight excluding hydrogens is 372 g/mol. The van der Waals surface area contributed by atoms with Crippen molar-refractivity contribution in [3.63, 3.8) is 0 Å². The summed E-state index contributed by atoms with van der Waals surface area (Å²) >= 11 is 0. The highest BCUT2D eigenvalue weighted by Crippen LogP contribution is 2.38. The fraction of sp³-hybridized carbons (Fsp3) is 0.190. The van der Waals surface area contributed by atoms with Crippen LogP contribution in [0.3, 0.4) is 0 Å². The number of hydrogen-bond donors (Lipinski definition) is 2. The van der Waals surface area contributed by atoms with Gasteiger partial charge < -0.3 is 19.5 Å². The van der Waals surface area contributed by atoms with Gasteiger partial charge in [-0.25, -0.2) is 4.98 Å². The van der Waals surface area contributed by atoms with Crippen molar-refractivity contribution in [1.82, 2.24) is 15.2 Å². The summed E-state index contributed by atoms with van der Waals surface area (Å²) in [7, 11) is 4.62. The number of ether oxygens (including phenoxy) is 3. The number of nitrogens with one attached hydrogen (secondary N) is 2. The van der Waals surface area contributed by atoms with E-state index in [1.54, 1.807) is 44.6 Å². The van der Waals surface area contributed by atoms with Crippen LogP contribution in [-0.4, -0.2) is 42.4 Å². The highest BCUT2D eigenvalue weighted by molar-refractivity contribution is 6.02. The second-order valence-electron chi connectivity index (χ2n) is 6.10. The maximum atomic E-state index is 12.3. The molecule has 0 radical (unpaired) electrons. The van der Waals surface area contributed by atoms with E-state index in [1.807, 2.05) is 19.1 Å². The van der Waals surface area contributed by atoms with Crippen LogP contribution in [-0.2, 0) is 4.79 Å². The van der Waals surface area contributed by atoms with Gasteiger partial charge >= 0.3 is 0 Å². The lowest BCUT2D eigenvalue weighted by molar-refractivity contribution is -0.111. The Hall–Kier alpha value is -3.81. The number of aryl methyl sites for hydroxylation is 1. The first-order chi connectivity index (χ1) is 14.0. The Bertz CT molecular complexity index is 1000.